The fourth-order valence-electron chi connectivity index (χ4n) is 6.13. The molecular weight excluding hydrogens is 515 g/mol. The van der Waals surface area contributed by atoms with Crippen LogP contribution in [-0.4, -0.2) is 43.4 Å². The maximum absolute atomic E-state index is 13.9. The zero-order valence-corrected chi connectivity index (χ0v) is 21.5. The summed E-state index contributed by atoms with van der Waals surface area (Å²) in [6, 6.07) is 19.7. The molecule has 37 heavy (non-hydrogen) atoms. The number of benzene rings is 3. The van der Waals surface area contributed by atoms with Gasteiger partial charge in [0.2, 0.25) is 17.7 Å². The third kappa shape index (κ3) is 3.04. The van der Waals surface area contributed by atoms with Gasteiger partial charge in [-0.3, -0.25) is 19.3 Å². The van der Waals surface area contributed by atoms with E-state index in [1.165, 1.54) is 14.2 Å². The van der Waals surface area contributed by atoms with Gasteiger partial charge >= 0.3 is 0 Å². The summed E-state index contributed by atoms with van der Waals surface area (Å²) in [7, 11) is 2.98. The van der Waals surface area contributed by atoms with E-state index < -0.39 is 45.9 Å². The molecule has 3 aromatic rings. The molecule has 2 atom stereocenters. The predicted octanol–water partition coefficient (Wildman–Crippen LogP) is 4.24. The van der Waals surface area contributed by atoms with E-state index in [2.05, 4.69) is 5.32 Å². The smallest absolute Gasteiger partial charge is 0.244 e. The van der Waals surface area contributed by atoms with Crippen molar-refractivity contribution in [2.24, 2.45) is 11.8 Å². The van der Waals surface area contributed by atoms with E-state index in [1.54, 1.807) is 18.2 Å². The van der Waals surface area contributed by atoms with Gasteiger partial charge in [0, 0.05) is 6.07 Å². The second-order valence-corrected chi connectivity index (χ2v) is 10.5. The van der Waals surface area contributed by atoms with Gasteiger partial charge in [-0.25, -0.2) is 0 Å². The quantitative estimate of drug-likeness (QED) is 0.389. The Morgan fingerprint density at radius 1 is 0.838 bits per heavy atom. The Hall–Kier alpha value is -3.55. The van der Waals surface area contributed by atoms with Gasteiger partial charge in [0.15, 0.2) is 0 Å². The van der Waals surface area contributed by atoms with Crippen molar-refractivity contribution in [2.45, 2.75) is 9.75 Å². The average molecular weight is 537 g/mol. The largest absolute Gasteiger partial charge is 0.497 e. The molecule has 3 aromatic carbocycles. The summed E-state index contributed by atoms with van der Waals surface area (Å²) in [4.78, 5) is 39.2. The number of carbonyl (C=O) groups is 3. The van der Waals surface area contributed by atoms with Crippen molar-refractivity contribution in [1.29, 1.82) is 0 Å². The third-order valence-electron chi connectivity index (χ3n) is 7.66. The molecule has 0 radical (unpaired) electrons. The minimum atomic E-state index is -1.29. The Bertz CT molecular complexity index is 1370. The third-order valence-corrected chi connectivity index (χ3v) is 8.94. The highest BCUT2D eigenvalue weighted by Crippen LogP contribution is 2.69. The summed E-state index contributed by atoms with van der Waals surface area (Å²) in [5.41, 5.74) is 3.19. The van der Waals surface area contributed by atoms with Crippen LogP contribution in [0, 0.1) is 11.8 Å². The number of halogens is 2. The molecule has 7 rings (SSSR count). The van der Waals surface area contributed by atoms with Gasteiger partial charge in [0.25, 0.3) is 0 Å². The molecule has 3 aliphatic carbocycles. The molecule has 9 heteroatoms. The second-order valence-electron chi connectivity index (χ2n) is 9.35. The average Bonchev–Trinajstić information content (AvgIpc) is 3.17. The Morgan fingerprint density at radius 3 is 1.76 bits per heavy atom. The standard InChI is InChI=1S/C28H22Cl2N2O5/c1-36-15-11-12-21(37-2)20(13-15)31-22(33)14-32-25(34)23-24(26(32)35)28(30)17-8-4-3-7-16(17)27(23,29)18-9-5-6-10-19(18)28/h3-13,23-24H,14H2,1-2H3,(H,31,33)/t23-,24-,27?,28?/m1/s1. The van der Waals surface area contributed by atoms with Crippen molar-refractivity contribution < 1.29 is 23.9 Å². The molecule has 0 spiro atoms. The van der Waals surface area contributed by atoms with Crippen LogP contribution in [0.3, 0.4) is 0 Å². The molecule has 1 saturated heterocycles. The van der Waals surface area contributed by atoms with Crippen LogP contribution in [0.25, 0.3) is 0 Å². The number of nitrogens with zero attached hydrogens (tertiary/aromatic N) is 1. The first-order valence-corrected chi connectivity index (χ1v) is 12.5. The lowest BCUT2D eigenvalue weighted by molar-refractivity contribution is -0.142. The van der Waals surface area contributed by atoms with E-state index in [4.69, 9.17) is 32.7 Å². The molecule has 1 aliphatic heterocycles. The molecule has 7 nitrogen and oxygen atoms in total. The SMILES string of the molecule is COc1ccc(OC)c(NC(=O)CN2C(=O)[C@H]3[C@H](C2=O)C2(Cl)c4ccccc4C3(Cl)c3ccccc32)c1. The lowest BCUT2D eigenvalue weighted by Gasteiger charge is -2.54. The van der Waals surface area contributed by atoms with Gasteiger partial charge in [-0.1, -0.05) is 48.5 Å². The molecule has 2 bridgehead atoms. The molecule has 188 valence electrons. The van der Waals surface area contributed by atoms with Gasteiger partial charge in [-0.2, -0.15) is 0 Å². The van der Waals surface area contributed by atoms with Crippen molar-refractivity contribution in [3.63, 3.8) is 0 Å². The van der Waals surface area contributed by atoms with E-state index in [0.29, 0.717) is 39.4 Å². The van der Waals surface area contributed by atoms with Crippen molar-refractivity contribution >= 4 is 46.6 Å². The molecule has 0 aromatic heterocycles. The van der Waals surface area contributed by atoms with Crippen LogP contribution in [0.1, 0.15) is 22.3 Å². The van der Waals surface area contributed by atoms with Gasteiger partial charge in [-0.05, 0) is 34.4 Å². The second kappa shape index (κ2) is 8.23. The number of hydrogen-bond acceptors (Lipinski definition) is 5. The van der Waals surface area contributed by atoms with E-state index in [-0.39, 0.29) is 0 Å². The lowest BCUT2D eigenvalue weighted by Crippen LogP contribution is -2.57. The number of hydrogen-bond donors (Lipinski definition) is 1. The van der Waals surface area contributed by atoms with Crippen molar-refractivity contribution in [2.75, 3.05) is 26.1 Å². The molecule has 1 heterocycles. The lowest BCUT2D eigenvalue weighted by atomic mass is 9.54. The highest BCUT2D eigenvalue weighted by atomic mass is 35.5. The number of ether oxygens (including phenoxy) is 2. The summed E-state index contributed by atoms with van der Waals surface area (Å²) >= 11 is 14.8. The summed E-state index contributed by atoms with van der Waals surface area (Å²) in [5, 5.41) is 2.72. The maximum atomic E-state index is 13.9. The topological polar surface area (TPSA) is 84.9 Å². The molecular formula is C28H22Cl2N2O5. The van der Waals surface area contributed by atoms with E-state index in [1.807, 2.05) is 48.5 Å². The summed E-state index contributed by atoms with van der Waals surface area (Å²) in [6.07, 6.45) is 0. The van der Waals surface area contributed by atoms with Crippen LogP contribution in [0.5, 0.6) is 11.5 Å². The minimum absolute atomic E-state index is 0.353. The first-order chi connectivity index (χ1) is 17.8. The molecule has 1 fully saturated rings. The number of anilines is 1. The highest BCUT2D eigenvalue weighted by molar-refractivity contribution is 6.36. The normalized spacial score (nSPS) is 26.9. The number of likely N-dealkylation sites (tertiary alicyclic amines) is 1. The Morgan fingerprint density at radius 2 is 1.32 bits per heavy atom. The van der Waals surface area contributed by atoms with Crippen LogP contribution in [0.4, 0.5) is 5.69 Å². The molecule has 1 N–H and O–H groups in total. The zero-order chi connectivity index (χ0) is 26.1. The van der Waals surface area contributed by atoms with Crippen LogP contribution >= 0.6 is 23.2 Å². The van der Waals surface area contributed by atoms with Gasteiger partial charge in [0.05, 0.1) is 31.7 Å². The first-order valence-electron chi connectivity index (χ1n) is 11.7. The van der Waals surface area contributed by atoms with Crippen molar-refractivity contribution in [3.05, 3.63) is 89.0 Å². The van der Waals surface area contributed by atoms with Crippen LogP contribution in [0.2, 0.25) is 0 Å². The fourth-order valence-corrected chi connectivity index (χ4v) is 7.22. The monoisotopic (exact) mass is 536 g/mol. The number of methoxy groups -OCH3 is 2. The van der Waals surface area contributed by atoms with Crippen molar-refractivity contribution in [1.82, 2.24) is 4.90 Å². The highest BCUT2D eigenvalue weighted by Gasteiger charge is 2.73. The number of imide groups is 1. The maximum Gasteiger partial charge on any atom is 0.244 e. The summed E-state index contributed by atoms with van der Waals surface area (Å²) in [6.45, 7) is -0.488. The number of alkyl halides is 2. The number of carbonyl (C=O) groups excluding carboxylic acids is 3. The Kier molecular flexibility index (Phi) is 5.30. The van der Waals surface area contributed by atoms with Gasteiger partial charge < -0.3 is 14.8 Å². The van der Waals surface area contributed by atoms with Crippen LogP contribution in [0.15, 0.2) is 66.7 Å². The van der Waals surface area contributed by atoms with E-state index in [9.17, 15) is 14.4 Å². The van der Waals surface area contributed by atoms with E-state index >= 15 is 0 Å². The Balaban J connectivity index is 1.39. The summed E-state index contributed by atoms with van der Waals surface area (Å²) < 4.78 is 10.5. The van der Waals surface area contributed by atoms with Crippen LogP contribution < -0.4 is 14.8 Å². The number of amides is 3. The van der Waals surface area contributed by atoms with Crippen LogP contribution in [-0.2, 0) is 24.1 Å². The van der Waals surface area contributed by atoms with Gasteiger partial charge in [-0.15, -0.1) is 23.2 Å². The molecule has 0 unspecified atom stereocenters. The molecule has 4 aliphatic rings. The number of rotatable bonds is 5. The van der Waals surface area contributed by atoms with Gasteiger partial charge in [0.1, 0.15) is 27.8 Å². The fraction of sp³-hybridized carbons (Fsp3) is 0.250. The summed E-state index contributed by atoms with van der Waals surface area (Å²) in [5.74, 6) is -2.60. The zero-order valence-electron chi connectivity index (χ0n) is 20.0. The number of nitrogens with one attached hydrogen (secondary N) is 1. The molecule has 0 saturated carbocycles. The minimum Gasteiger partial charge on any atom is -0.497 e. The molecule has 3 amide bonds. The Labute approximate surface area is 223 Å². The first kappa shape index (κ1) is 23.8. The predicted molar refractivity (Wildman–Crippen MR) is 138 cm³/mol. The van der Waals surface area contributed by atoms with E-state index in [0.717, 1.165) is 4.90 Å². The van der Waals surface area contributed by atoms with Crippen molar-refractivity contribution in [3.8, 4) is 11.5 Å².